The molecule has 2 N–H and O–H groups in total. The van der Waals surface area contributed by atoms with Crippen LogP contribution in [0.25, 0.3) is 0 Å². The van der Waals surface area contributed by atoms with Crippen LogP contribution in [0.1, 0.15) is 5.56 Å². The van der Waals surface area contributed by atoms with Crippen LogP contribution in [0, 0.1) is 0 Å². The molecular formula is C13H12ClN3S. The molecule has 92 valence electrons. The van der Waals surface area contributed by atoms with Crippen molar-refractivity contribution in [2.24, 2.45) is 5.73 Å². The van der Waals surface area contributed by atoms with Gasteiger partial charge in [-0.25, -0.2) is 4.98 Å². The number of thiocarbonyl (C=S) groups is 1. The molecule has 3 nitrogen and oxygen atoms in total. The van der Waals surface area contributed by atoms with Crippen molar-refractivity contribution in [2.75, 3.05) is 11.9 Å². The van der Waals surface area contributed by atoms with Crippen molar-refractivity contribution in [1.82, 2.24) is 4.98 Å². The fraction of sp³-hybridized carbons (Fsp3) is 0.0769. The molecule has 0 aliphatic rings. The van der Waals surface area contributed by atoms with Crippen molar-refractivity contribution in [2.45, 2.75) is 0 Å². The van der Waals surface area contributed by atoms with Crippen LogP contribution in [0.2, 0.25) is 5.02 Å². The molecule has 0 atom stereocenters. The zero-order valence-corrected chi connectivity index (χ0v) is 11.4. The molecule has 18 heavy (non-hydrogen) atoms. The molecule has 0 unspecified atom stereocenters. The molecule has 2 aromatic rings. The Morgan fingerprint density at radius 2 is 2.11 bits per heavy atom. The Balaban J connectivity index is 2.40. The van der Waals surface area contributed by atoms with Crippen molar-refractivity contribution in [3.63, 3.8) is 0 Å². The number of nitrogens with two attached hydrogens (primary N) is 1. The fourth-order valence-electron chi connectivity index (χ4n) is 1.61. The van der Waals surface area contributed by atoms with Crippen LogP contribution in [0.15, 0.2) is 42.6 Å². The average Bonchev–Trinajstić information content (AvgIpc) is 2.38. The third-order valence-electron chi connectivity index (χ3n) is 2.57. The lowest BCUT2D eigenvalue weighted by molar-refractivity contribution is 1.13. The van der Waals surface area contributed by atoms with Crippen LogP contribution >= 0.6 is 23.8 Å². The van der Waals surface area contributed by atoms with Crippen molar-refractivity contribution in [1.29, 1.82) is 0 Å². The van der Waals surface area contributed by atoms with E-state index in [-0.39, 0.29) is 0 Å². The van der Waals surface area contributed by atoms with E-state index in [1.54, 1.807) is 18.3 Å². The molecule has 1 aromatic heterocycles. The molecule has 0 saturated heterocycles. The topological polar surface area (TPSA) is 42.1 Å². The molecular weight excluding hydrogens is 266 g/mol. The number of benzene rings is 1. The molecule has 1 aromatic carbocycles. The summed E-state index contributed by atoms with van der Waals surface area (Å²) in [6.45, 7) is 0. The van der Waals surface area contributed by atoms with Gasteiger partial charge in [-0.1, -0.05) is 36.0 Å². The summed E-state index contributed by atoms with van der Waals surface area (Å²) in [4.78, 5) is 6.52. The van der Waals surface area contributed by atoms with E-state index in [0.717, 1.165) is 11.3 Å². The highest BCUT2D eigenvalue weighted by atomic mass is 35.5. The number of halogens is 1. The zero-order valence-electron chi connectivity index (χ0n) is 9.80. The number of anilines is 2. The molecule has 1 heterocycles. The predicted molar refractivity (Wildman–Crippen MR) is 79.6 cm³/mol. The molecule has 0 amide bonds. The standard InChI is InChI=1S/C13H12ClN3S/c1-17(13-11(14)6-3-7-16-13)10-5-2-4-9(8-10)12(15)18/h2-8H,1H3,(H2,15,18). The third kappa shape index (κ3) is 2.60. The minimum atomic E-state index is 0.373. The van der Waals surface area contributed by atoms with Crippen LogP contribution in [-0.4, -0.2) is 17.0 Å². The molecule has 0 aliphatic carbocycles. The van der Waals surface area contributed by atoms with Crippen LogP contribution in [0.5, 0.6) is 0 Å². The lowest BCUT2D eigenvalue weighted by atomic mass is 10.2. The van der Waals surface area contributed by atoms with E-state index >= 15 is 0 Å². The maximum absolute atomic E-state index is 6.12. The summed E-state index contributed by atoms with van der Waals surface area (Å²) in [6, 6.07) is 11.2. The second-order valence-corrected chi connectivity index (χ2v) is 4.63. The summed E-state index contributed by atoms with van der Waals surface area (Å²) in [5.74, 6) is 0.694. The Morgan fingerprint density at radius 3 is 2.78 bits per heavy atom. The number of aromatic nitrogens is 1. The van der Waals surface area contributed by atoms with Crippen molar-refractivity contribution in [3.05, 3.63) is 53.2 Å². The van der Waals surface area contributed by atoms with Gasteiger partial charge < -0.3 is 10.6 Å². The number of pyridine rings is 1. The van der Waals surface area contributed by atoms with Gasteiger partial charge >= 0.3 is 0 Å². The second kappa shape index (κ2) is 5.33. The van der Waals surface area contributed by atoms with Gasteiger partial charge in [0.05, 0.1) is 5.02 Å². The number of hydrogen-bond donors (Lipinski definition) is 1. The molecule has 2 rings (SSSR count). The Bertz CT molecular complexity index is 586. The molecule has 0 fully saturated rings. The Kier molecular flexibility index (Phi) is 3.79. The molecule has 0 saturated carbocycles. The zero-order chi connectivity index (χ0) is 13.1. The fourth-order valence-corrected chi connectivity index (χ4v) is 1.99. The Labute approximate surface area is 116 Å². The van der Waals surface area contributed by atoms with Gasteiger partial charge in [0.15, 0.2) is 5.82 Å². The van der Waals surface area contributed by atoms with Crippen molar-refractivity contribution >= 4 is 40.3 Å². The number of hydrogen-bond acceptors (Lipinski definition) is 3. The summed E-state index contributed by atoms with van der Waals surface area (Å²) >= 11 is 11.1. The Hall–Kier alpha value is -1.65. The first-order valence-electron chi connectivity index (χ1n) is 5.33. The van der Waals surface area contributed by atoms with Gasteiger partial charge in [-0.15, -0.1) is 0 Å². The van der Waals surface area contributed by atoms with Crippen molar-refractivity contribution in [3.8, 4) is 0 Å². The normalized spacial score (nSPS) is 10.1. The van der Waals surface area contributed by atoms with E-state index in [1.165, 1.54) is 0 Å². The average molecular weight is 278 g/mol. The highest BCUT2D eigenvalue weighted by Crippen LogP contribution is 2.28. The van der Waals surface area contributed by atoms with Gasteiger partial charge in [0, 0.05) is 24.5 Å². The molecule has 0 radical (unpaired) electrons. The minimum Gasteiger partial charge on any atom is -0.389 e. The smallest absolute Gasteiger partial charge is 0.151 e. The summed E-state index contributed by atoms with van der Waals surface area (Å²) in [5, 5.41) is 0.598. The summed E-state index contributed by atoms with van der Waals surface area (Å²) < 4.78 is 0. The molecule has 0 aliphatic heterocycles. The van der Waals surface area contributed by atoms with Crippen molar-refractivity contribution < 1.29 is 0 Å². The quantitative estimate of drug-likeness (QED) is 0.875. The van der Waals surface area contributed by atoms with Crippen LogP contribution in [0.3, 0.4) is 0 Å². The number of nitrogens with zero attached hydrogens (tertiary/aromatic N) is 2. The third-order valence-corrected chi connectivity index (χ3v) is 3.11. The van der Waals surface area contributed by atoms with E-state index < -0.39 is 0 Å². The van der Waals surface area contributed by atoms with E-state index in [2.05, 4.69) is 4.98 Å². The monoisotopic (exact) mass is 277 g/mol. The number of rotatable bonds is 3. The second-order valence-electron chi connectivity index (χ2n) is 3.78. The van der Waals surface area contributed by atoms with Crippen LogP contribution < -0.4 is 10.6 Å². The lowest BCUT2D eigenvalue weighted by Crippen LogP contribution is -2.14. The first-order chi connectivity index (χ1) is 8.59. The van der Waals surface area contributed by atoms with E-state index in [1.807, 2.05) is 36.2 Å². The van der Waals surface area contributed by atoms with Gasteiger partial charge in [-0.2, -0.15) is 0 Å². The highest BCUT2D eigenvalue weighted by molar-refractivity contribution is 7.80. The van der Waals surface area contributed by atoms with E-state index in [4.69, 9.17) is 29.6 Å². The van der Waals surface area contributed by atoms with Gasteiger partial charge in [0.25, 0.3) is 0 Å². The SMILES string of the molecule is CN(c1cccc(C(N)=S)c1)c1ncccc1Cl. The molecule has 5 heteroatoms. The molecule has 0 bridgehead atoms. The van der Waals surface area contributed by atoms with Gasteiger partial charge in [-0.3, -0.25) is 0 Å². The Morgan fingerprint density at radius 1 is 1.33 bits per heavy atom. The van der Waals surface area contributed by atoms with Gasteiger partial charge in [0.2, 0.25) is 0 Å². The molecule has 0 spiro atoms. The largest absolute Gasteiger partial charge is 0.389 e. The first-order valence-corrected chi connectivity index (χ1v) is 6.12. The maximum Gasteiger partial charge on any atom is 0.151 e. The van der Waals surface area contributed by atoms with Crippen LogP contribution in [0.4, 0.5) is 11.5 Å². The predicted octanol–water partition coefficient (Wildman–Crippen LogP) is 3.14. The summed E-state index contributed by atoms with van der Waals surface area (Å²) in [7, 11) is 1.90. The van der Waals surface area contributed by atoms with E-state index in [9.17, 15) is 0 Å². The van der Waals surface area contributed by atoms with E-state index in [0.29, 0.717) is 15.8 Å². The lowest BCUT2D eigenvalue weighted by Gasteiger charge is -2.19. The highest BCUT2D eigenvalue weighted by Gasteiger charge is 2.09. The summed E-state index contributed by atoms with van der Waals surface area (Å²) in [6.07, 6.45) is 1.70. The maximum atomic E-state index is 6.12. The summed E-state index contributed by atoms with van der Waals surface area (Å²) in [5.41, 5.74) is 7.37. The van der Waals surface area contributed by atoms with Gasteiger partial charge in [0.1, 0.15) is 4.99 Å². The van der Waals surface area contributed by atoms with Gasteiger partial charge in [-0.05, 0) is 24.3 Å². The van der Waals surface area contributed by atoms with Crippen LogP contribution in [-0.2, 0) is 0 Å². The minimum absolute atomic E-state index is 0.373. The first kappa shape index (κ1) is 12.8.